The van der Waals surface area contributed by atoms with Gasteiger partial charge in [0.05, 0.1) is 22.3 Å². The molecule has 0 aliphatic rings. The Kier molecular flexibility index (Phi) is 4.83. The number of hydrogen-bond donors (Lipinski definition) is 2. The summed E-state index contributed by atoms with van der Waals surface area (Å²) < 4.78 is 2.04. The SMILES string of the molecule is Cc1cccc(Cl)c1-c1ncc2c(N)nc3cc(NCCN(C)C)ccc3n12. The molecule has 28 heavy (non-hydrogen) atoms. The van der Waals surface area contributed by atoms with E-state index < -0.39 is 0 Å². The standard InChI is InChI=1S/C21H23ClN6/c1-13-5-4-6-15(22)19(13)21-25-12-18-20(23)26-16-11-14(24-9-10-27(2)3)7-8-17(16)28(18)21/h4-8,11-12,24H,9-10H2,1-3H3,(H2,23,26). The molecule has 0 radical (unpaired) electrons. The lowest BCUT2D eigenvalue weighted by atomic mass is 10.1. The van der Waals surface area contributed by atoms with Gasteiger partial charge in [-0.3, -0.25) is 4.40 Å². The molecular weight excluding hydrogens is 372 g/mol. The van der Waals surface area contributed by atoms with Crippen LogP contribution in [0.15, 0.2) is 42.6 Å². The van der Waals surface area contributed by atoms with Crippen LogP contribution in [0.3, 0.4) is 0 Å². The number of nitrogens with two attached hydrogens (primary N) is 1. The van der Waals surface area contributed by atoms with Crippen LogP contribution < -0.4 is 11.1 Å². The first-order valence-electron chi connectivity index (χ1n) is 9.16. The number of likely N-dealkylation sites (N-methyl/N-ethyl adjacent to an activating group) is 1. The summed E-state index contributed by atoms with van der Waals surface area (Å²) in [5.74, 6) is 1.21. The van der Waals surface area contributed by atoms with E-state index >= 15 is 0 Å². The Labute approximate surface area is 169 Å². The van der Waals surface area contributed by atoms with Crippen molar-refractivity contribution in [2.45, 2.75) is 6.92 Å². The zero-order valence-corrected chi connectivity index (χ0v) is 17.0. The van der Waals surface area contributed by atoms with Crippen molar-refractivity contribution in [3.63, 3.8) is 0 Å². The highest BCUT2D eigenvalue weighted by Crippen LogP contribution is 2.33. The van der Waals surface area contributed by atoms with Gasteiger partial charge in [0.15, 0.2) is 0 Å². The topological polar surface area (TPSA) is 71.5 Å². The third-order valence-electron chi connectivity index (χ3n) is 4.82. The van der Waals surface area contributed by atoms with Crippen molar-refractivity contribution in [1.82, 2.24) is 19.3 Å². The average Bonchev–Trinajstić information content (AvgIpc) is 3.07. The molecule has 0 saturated heterocycles. The second-order valence-electron chi connectivity index (χ2n) is 7.16. The van der Waals surface area contributed by atoms with Gasteiger partial charge < -0.3 is 16.0 Å². The first-order chi connectivity index (χ1) is 13.5. The summed E-state index contributed by atoms with van der Waals surface area (Å²) in [6.07, 6.45) is 1.75. The van der Waals surface area contributed by atoms with E-state index in [-0.39, 0.29) is 0 Å². The molecule has 0 unspecified atom stereocenters. The van der Waals surface area contributed by atoms with Crippen LogP contribution in [0.1, 0.15) is 5.56 Å². The first-order valence-corrected chi connectivity index (χ1v) is 9.54. The number of nitrogens with zero attached hydrogens (tertiary/aromatic N) is 4. The monoisotopic (exact) mass is 394 g/mol. The number of rotatable bonds is 5. The van der Waals surface area contributed by atoms with Crippen LogP contribution in [0.4, 0.5) is 11.5 Å². The number of nitrogen functional groups attached to an aromatic ring is 1. The summed E-state index contributed by atoms with van der Waals surface area (Å²) in [6, 6.07) is 12.0. The summed E-state index contributed by atoms with van der Waals surface area (Å²) in [5.41, 5.74) is 11.7. The van der Waals surface area contributed by atoms with Crippen LogP contribution >= 0.6 is 11.6 Å². The highest BCUT2D eigenvalue weighted by atomic mass is 35.5. The molecule has 0 aliphatic carbocycles. The Morgan fingerprint density at radius 1 is 1.18 bits per heavy atom. The second kappa shape index (κ2) is 7.30. The number of hydrogen-bond acceptors (Lipinski definition) is 5. The fourth-order valence-corrected chi connectivity index (χ4v) is 3.70. The third-order valence-corrected chi connectivity index (χ3v) is 5.13. The summed E-state index contributed by atoms with van der Waals surface area (Å²) in [7, 11) is 4.11. The van der Waals surface area contributed by atoms with E-state index in [1.807, 2.05) is 41.7 Å². The van der Waals surface area contributed by atoms with E-state index in [1.165, 1.54) is 0 Å². The fourth-order valence-electron chi connectivity index (χ4n) is 3.39. The van der Waals surface area contributed by atoms with Gasteiger partial charge in [-0.05, 0) is 50.8 Å². The van der Waals surface area contributed by atoms with Gasteiger partial charge in [0.2, 0.25) is 0 Å². The molecule has 2 heterocycles. The van der Waals surface area contributed by atoms with E-state index in [0.29, 0.717) is 10.8 Å². The number of benzene rings is 2. The van der Waals surface area contributed by atoms with E-state index in [1.54, 1.807) is 6.20 Å². The van der Waals surface area contributed by atoms with Crippen LogP contribution in [0.25, 0.3) is 27.9 Å². The van der Waals surface area contributed by atoms with Crippen LogP contribution in [0.5, 0.6) is 0 Å². The molecule has 0 atom stereocenters. The number of imidazole rings is 1. The van der Waals surface area contributed by atoms with Gasteiger partial charge in [-0.15, -0.1) is 0 Å². The van der Waals surface area contributed by atoms with Gasteiger partial charge in [0, 0.05) is 24.3 Å². The molecule has 0 aliphatic heterocycles. The van der Waals surface area contributed by atoms with Crippen LogP contribution in [-0.4, -0.2) is 46.5 Å². The number of halogens is 1. The lowest BCUT2D eigenvalue weighted by Gasteiger charge is -2.13. The van der Waals surface area contributed by atoms with Crippen LogP contribution in [0.2, 0.25) is 5.02 Å². The third kappa shape index (κ3) is 3.25. The molecule has 6 nitrogen and oxygen atoms in total. The minimum absolute atomic E-state index is 0.446. The molecule has 4 aromatic rings. The fraction of sp³-hybridized carbons (Fsp3) is 0.238. The molecule has 4 rings (SSSR count). The zero-order chi connectivity index (χ0) is 19.8. The lowest BCUT2D eigenvalue weighted by molar-refractivity contribution is 0.425. The smallest absolute Gasteiger partial charge is 0.150 e. The molecule has 144 valence electrons. The predicted octanol–water partition coefficient (Wildman–Crippen LogP) is 4.07. The summed E-state index contributed by atoms with van der Waals surface area (Å²) in [5, 5.41) is 4.09. The molecule has 0 saturated carbocycles. The van der Waals surface area contributed by atoms with Crippen molar-refractivity contribution in [3.8, 4) is 11.4 Å². The minimum Gasteiger partial charge on any atom is -0.384 e. The van der Waals surface area contributed by atoms with Gasteiger partial charge in [-0.1, -0.05) is 23.7 Å². The van der Waals surface area contributed by atoms with Crippen molar-refractivity contribution < 1.29 is 0 Å². The molecule has 0 spiro atoms. The Balaban J connectivity index is 1.88. The highest BCUT2D eigenvalue weighted by Gasteiger charge is 2.17. The van der Waals surface area contributed by atoms with E-state index in [2.05, 4.69) is 40.3 Å². The van der Waals surface area contributed by atoms with Gasteiger partial charge in [0.1, 0.15) is 17.2 Å². The van der Waals surface area contributed by atoms with Gasteiger partial charge in [0.25, 0.3) is 0 Å². The van der Waals surface area contributed by atoms with Crippen molar-refractivity contribution >= 4 is 39.7 Å². The highest BCUT2D eigenvalue weighted by molar-refractivity contribution is 6.33. The zero-order valence-electron chi connectivity index (χ0n) is 16.2. The Bertz CT molecular complexity index is 1140. The maximum absolute atomic E-state index is 6.51. The van der Waals surface area contributed by atoms with Gasteiger partial charge in [-0.25, -0.2) is 9.97 Å². The molecule has 3 N–H and O–H groups in total. The van der Waals surface area contributed by atoms with Crippen LogP contribution in [-0.2, 0) is 0 Å². The Morgan fingerprint density at radius 2 is 2.00 bits per heavy atom. The molecule has 7 heteroatoms. The normalized spacial score (nSPS) is 11.6. The maximum atomic E-state index is 6.51. The second-order valence-corrected chi connectivity index (χ2v) is 7.57. The minimum atomic E-state index is 0.446. The quantitative estimate of drug-likeness (QED) is 0.534. The van der Waals surface area contributed by atoms with E-state index in [0.717, 1.165) is 52.3 Å². The number of fused-ring (bicyclic) bond motifs is 3. The molecular formula is C21H23ClN6. The lowest BCUT2D eigenvalue weighted by Crippen LogP contribution is -2.20. The number of anilines is 2. The number of aryl methyl sites for hydroxylation is 1. The van der Waals surface area contributed by atoms with Crippen molar-refractivity contribution in [2.75, 3.05) is 38.2 Å². The van der Waals surface area contributed by atoms with Crippen molar-refractivity contribution in [2.24, 2.45) is 0 Å². The van der Waals surface area contributed by atoms with E-state index in [4.69, 9.17) is 17.3 Å². The van der Waals surface area contributed by atoms with Crippen molar-refractivity contribution in [3.05, 3.63) is 53.2 Å². The summed E-state index contributed by atoms with van der Waals surface area (Å²) in [6.45, 7) is 3.83. The van der Waals surface area contributed by atoms with E-state index in [9.17, 15) is 0 Å². The maximum Gasteiger partial charge on any atom is 0.150 e. The van der Waals surface area contributed by atoms with Crippen molar-refractivity contribution in [1.29, 1.82) is 0 Å². The van der Waals surface area contributed by atoms with Gasteiger partial charge >= 0.3 is 0 Å². The number of nitrogens with one attached hydrogen (secondary N) is 1. The van der Waals surface area contributed by atoms with Crippen LogP contribution in [0, 0.1) is 6.92 Å². The molecule has 2 aromatic carbocycles. The Hall–Kier alpha value is -2.83. The molecule has 0 bridgehead atoms. The predicted molar refractivity (Wildman–Crippen MR) is 117 cm³/mol. The molecule has 0 amide bonds. The summed E-state index contributed by atoms with van der Waals surface area (Å²) >= 11 is 6.51. The first kappa shape index (κ1) is 18.5. The Morgan fingerprint density at radius 3 is 2.75 bits per heavy atom. The largest absolute Gasteiger partial charge is 0.384 e. The average molecular weight is 395 g/mol. The number of aromatic nitrogens is 3. The van der Waals surface area contributed by atoms with Gasteiger partial charge in [-0.2, -0.15) is 0 Å². The molecule has 0 fully saturated rings. The summed E-state index contributed by atoms with van der Waals surface area (Å²) in [4.78, 5) is 11.4. The molecule has 2 aromatic heterocycles.